The summed E-state index contributed by atoms with van der Waals surface area (Å²) in [5.41, 5.74) is 3.65. The van der Waals surface area contributed by atoms with Gasteiger partial charge in [-0.25, -0.2) is 0 Å². The van der Waals surface area contributed by atoms with Gasteiger partial charge >= 0.3 is 0 Å². The second-order valence-corrected chi connectivity index (χ2v) is 6.66. The number of carbonyl (C=O) groups excluding carboxylic acids is 1. The zero-order valence-electron chi connectivity index (χ0n) is 13.8. The molecule has 0 saturated heterocycles. The van der Waals surface area contributed by atoms with E-state index in [1.54, 1.807) is 24.3 Å². The van der Waals surface area contributed by atoms with E-state index in [-0.39, 0.29) is 5.78 Å². The minimum Gasteiger partial charge on any atom is -0.361 e. The molecule has 0 aliphatic heterocycles. The van der Waals surface area contributed by atoms with E-state index in [1.165, 1.54) is 0 Å². The van der Waals surface area contributed by atoms with Crippen LogP contribution in [0.5, 0.6) is 0 Å². The number of hydrogen-bond acceptors (Lipinski definition) is 4. The topological polar surface area (TPSA) is 56.0 Å². The van der Waals surface area contributed by atoms with Crippen LogP contribution in [0.25, 0.3) is 11.3 Å². The zero-order valence-corrected chi connectivity index (χ0v) is 15.4. The van der Waals surface area contributed by atoms with E-state index in [2.05, 4.69) is 10.1 Å². The molecule has 3 aromatic rings. The molecule has 0 radical (unpaired) electrons. The quantitative estimate of drug-likeness (QED) is 0.555. The fourth-order valence-corrected chi connectivity index (χ4v) is 3.11. The Morgan fingerprint density at radius 2 is 1.92 bits per heavy atom. The van der Waals surface area contributed by atoms with Crippen molar-refractivity contribution in [1.82, 2.24) is 10.1 Å². The molecular formula is C19H16Cl2N2O2. The Labute approximate surface area is 155 Å². The van der Waals surface area contributed by atoms with E-state index in [0.717, 1.165) is 17.0 Å². The predicted octanol–water partition coefficient (Wildman–Crippen LogP) is 5.48. The van der Waals surface area contributed by atoms with Gasteiger partial charge in [-0.05, 0) is 44.2 Å². The van der Waals surface area contributed by atoms with Gasteiger partial charge in [0, 0.05) is 46.4 Å². The fourth-order valence-electron chi connectivity index (χ4n) is 2.61. The van der Waals surface area contributed by atoms with Crippen LogP contribution < -0.4 is 0 Å². The van der Waals surface area contributed by atoms with Crippen LogP contribution >= 0.6 is 23.2 Å². The normalized spacial score (nSPS) is 10.9. The van der Waals surface area contributed by atoms with Gasteiger partial charge in [0.15, 0.2) is 5.78 Å². The highest BCUT2D eigenvalue weighted by molar-refractivity contribution is 6.36. The van der Waals surface area contributed by atoms with Gasteiger partial charge < -0.3 is 4.52 Å². The first kappa shape index (κ1) is 17.6. The Bertz CT molecular complexity index is 935. The Morgan fingerprint density at radius 1 is 1.12 bits per heavy atom. The number of ketones is 1. The number of nitrogens with zero attached hydrogens (tertiary/aromatic N) is 2. The third-order valence-electron chi connectivity index (χ3n) is 3.89. The van der Waals surface area contributed by atoms with Gasteiger partial charge in [0.05, 0.1) is 5.02 Å². The molecule has 2 heterocycles. The number of Topliss-reactive ketones (excluding diaryl/α,β-unsaturated/α-hetero) is 1. The first-order chi connectivity index (χ1) is 11.9. The van der Waals surface area contributed by atoms with Crippen molar-refractivity contribution in [3.8, 4) is 11.3 Å². The van der Waals surface area contributed by atoms with Crippen molar-refractivity contribution < 1.29 is 9.32 Å². The van der Waals surface area contributed by atoms with Gasteiger partial charge in [-0.3, -0.25) is 9.78 Å². The summed E-state index contributed by atoms with van der Waals surface area (Å²) in [7, 11) is 0. The average molecular weight is 375 g/mol. The largest absolute Gasteiger partial charge is 0.361 e. The first-order valence-corrected chi connectivity index (χ1v) is 8.58. The van der Waals surface area contributed by atoms with E-state index in [9.17, 15) is 4.79 Å². The molecule has 0 bridgehead atoms. The van der Waals surface area contributed by atoms with Gasteiger partial charge in [-0.15, -0.1) is 0 Å². The Hall–Kier alpha value is -2.17. The molecule has 0 aliphatic carbocycles. The molecule has 6 heteroatoms. The van der Waals surface area contributed by atoms with E-state index >= 15 is 0 Å². The molecule has 128 valence electrons. The lowest BCUT2D eigenvalue weighted by Gasteiger charge is -2.04. The summed E-state index contributed by atoms with van der Waals surface area (Å²) >= 11 is 12.1. The van der Waals surface area contributed by atoms with Crippen molar-refractivity contribution >= 4 is 29.0 Å². The molecule has 4 nitrogen and oxygen atoms in total. The molecule has 0 aliphatic rings. The van der Waals surface area contributed by atoms with Gasteiger partial charge in [0.25, 0.3) is 0 Å². The van der Waals surface area contributed by atoms with Crippen LogP contribution in [0, 0.1) is 13.8 Å². The summed E-state index contributed by atoms with van der Waals surface area (Å²) in [6, 6.07) is 10.6. The summed E-state index contributed by atoms with van der Waals surface area (Å²) in [6.07, 6.45) is 0.791. The highest BCUT2D eigenvalue weighted by Gasteiger charge is 2.14. The highest BCUT2D eigenvalue weighted by Crippen LogP contribution is 2.30. The number of carbonyl (C=O) groups is 1. The van der Waals surface area contributed by atoms with Crippen LogP contribution in [0.1, 0.15) is 33.9 Å². The van der Waals surface area contributed by atoms with Gasteiger partial charge in [0.1, 0.15) is 11.5 Å². The molecule has 1 aromatic carbocycles. The standard InChI is InChI=1S/C19H16Cl2N2O2/c1-11-3-6-15(12(2)22-11)19(24)8-5-14-10-18(23-25-14)16-7-4-13(20)9-17(16)21/h3-4,6-7,9-10H,5,8H2,1-2H3. The second-order valence-electron chi connectivity index (χ2n) is 5.81. The number of hydrogen-bond donors (Lipinski definition) is 0. The SMILES string of the molecule is Cc1ccc(C(=O)CCc2cc(-c3ccc(Cl)cc3Cl)no2)c(C)n1. The van der Waals surface area contributed by atoms with Crippen LogP contribution in [-0.2, 0) is 6.42 Å². The summed E-state index contributed by atoms with van der Waals surface area (Å²) in [4.78, 5) is 16.7. The molecule has 0 N–H and O–H groups in total. The third kappa shape index (κ3) is 4.09. The van der Waals surface area contributed by atoms with Gasteiger partial charge in [0.2, 0.25) is 0 Å². The summed E-state index contributed by atoms with van der Waals surface area (Å²) in [5, 5.41) is 5.10. The van der Waals surface area contributed by atoms with Crippen LogP contribution in [-0.4, -0.2) is 15.9 Å². The molecule has 2 aromatic heterocycles. The van der Waals surface area contributed by atoms with Gasteiger partial charge in [-0.2, -0.15) is 0 Å². The maximum Gasteiger partial charge on any atom is 0.165 e. The highest BCUT2D eigenvalue weighted by atomic mass is 35.5. The van der Waals surface area contributed by atoms with Crippen molar-refractivity contribution in [2.45, 2.75) is 26.7 Å². The second kappa shape index (κ2) is 7.38. The molecular weight excluding hydrogens is 359 g/mol. The molecule has 0 spiro atoms. The van der Waals surface area contributed by atoms with Crippen LogP contribution in [0.3, 0.4) is 0 Å². The summed E-state index contributed by atoms with van der Waals surface area (Å²) in [6.45, 7) is 3.74. The fraction of sp³-hybridized carbons (Fsp3) is 0.211. The Balaban J connectivity index is 1.70. The van der Waals surface area contributed by atoms with E-state index < -0.39 is 0 Å². The smallest absolute Gasteiger partial charge is 0.165 e. The number of pyridine rings is 1. The molecule has 25 heavy (non-hydrogen) atoms. The average Bonchev–Trinajstić information content (AvgIpc) is 3.01. The van der Waals surface area contributed by atoms with Crippen LogP contribution in [0.15, 0.2) is 40.9 Å². The number of benzene rings is 1. The molecule has 0 saturated carbocycles. The molecule has 3 rings (SSSR count). The monoisotopic (exact) mass is 374 g/mol. The summed E-state index contributed by atoms with van der Waals surface area (Å²) < 4.78 is 5.33. The summed E-state index contributed by atoms with van der Waals surface area (Å²) in [5.74, 6) is 0.666. The minimum atomic E-state index is 0.0347. The van der Waals surface area contributed by atoms with Crippen molar-refractivity contribution in [2.75, 3.05) is 0 Å². The Kier molecular flexibility index (Phi) is 5.21. The van der Waals surface area contributed by atoms with Crippen molar-refractivity contribution in [3.05, 3.63) is 69.2 Å². The van der Waals surface area contributed by atoms with E-state index in [4.69, 9.17) is 27.7 Å². The zero-order chi connectivity index (χ0) is 18.0. The van der Waals surface area contributed by atoms with E-state index in [0.29, 0.717) is 39.9 Å². The van der Waals surface area contributed by atoms with Crippen LogP contribution in [0.2, 0.25) is 10.0 Å². The van der Waals surface area contributed by atoms with Crippen molar-refractivity contribution in [3.63, 3.8) is 0 Å². The molecule has 0 atom stereocenters. The lowest BCUT2D eigenvalue weighted by molar-refractivity contribution is 0.0979. The number of aryl methyl sites for hydroxylation is 3. The molecule has 0 unspecified atom stereocenters. The maximum absolute atomic E-state index is 12.4. The molecule has 0 fully saturated rings. The maximum atomic E-state index is 12.4. The van der Waals surface area contributed by atoms with E-state index in [1.807, 2.05) is 26.0 Å². The van der Waals surface area contributed by atoms with Crippen LogP contribution in [0.4, 0.5) is 0 Å². The number of rotatable bonds is 5. The van der Waals surface area contributed by atoms with Crippen molar-refractivity contribution in [2.24, 2.45) is 0 Å². The van der Waals surface area contributed by atoms with Crippen molar-refractivity contribution in [1.29, 1.82) is 0 Å². The lowest BCUT2D eigenvalue weighted by atomic mass is 10.0. The third-order valence-corrected chi connectivity index (χ3v) is 4.44. The number of halogens is 2. The first-order valence-electron chi connectivity index (χ1n) is 7.82. The number of aromatic nitrogens is 2. The Morgan fingerprint density at radius 3 is 2.64 bits per heavy atom. The minimum absolute atomic E-state index is 0.0347. The molecule has 0 amide bonds. The predicted molar refractivity (Wildman–Crippen MR) is 98.3 cm³/mol. The van der Waals surface area contributed by atoms with Gasteiger partial charge in [-0.1, -0.05) is 28.4 Å². The lowest BCUT2D eigenvalue weighted by Crippen LogP contribution is -2.05.